The fourth-order valence-electron chi connectivity index (χ4n) is 11.7. The predicted octanol–water partition coefficient (Wildman–Crippen LogP) is 10.9. The number of hydrogen-bond donors (Lipinski definition) is 7. The lowest BCUT2D eigenvalue weighted by Gasteiger charge is -2.24. The van der Waals surface area contributed by atoms with Crippen molar-refractivity contribution in [2.75, 3.05) is 39.8 Å². The second-order valence-corrected chi connectivity index (χ2v) is 25.0. The van der Waals surface area contributed by atoms with Crippen LogP contribution >= 0.6 is 24.0 Å². The van der Waals surface area contributed by atoms with Crippen LogP contribution in [0, 0.1) is 63.2 Å². The van der Waals surface area contributed by atoms with Gasteiger partial charge in [-0.2, -0.15) is 26.3 Å². The minimum absolute atomic E-state index is 0. The van der Waals surface area contributed by atoms with E-state index in [2.05, 4.69) is 41.2 Å². The number of halogens is 8. The normalized spacial score (nSPS) is 15.7. The summed E-state index contributed by atoms with van der Waals surface area (Å²) < 4.78 is 94.4. The number of nitrogens with zero attached hydrogens (tertiary/aromatic N) is 2. The van der Waals surface area contributed by atoms with Gasteiger partial charge in [-0.15, -0.1) is 24.0 Å². The number of nitrogens with one attached hydrogen (secondary N) is 6. The molecular formula is C68H80Cl2F6N8O14. The number of hydrogen-bond acceptors (Lipinski definition) is 15. The van der Waals surface area contributed by atoms with Crippen LogP contribution in [-0.4, -0.2) is 136 Å². The average Bonchev–Trinajstić information content (AvgIpc) is 0.818. The van der Waals surface area contributed by atoms with Crippen molar-refractivity contribution in [3.63, 3.8) is 0 Å². The van der Waals surface area contributed by atoms with E-state index >= 15 is 0 Å². The molecule has 2 aliphatic rings. The summed E-state index contributed by atoms with van der Waals surface area (Å²) in [6, 6.07) is 13.5. The van der Waals surface area contributed by atoms with Gasteiger partial charge in [-0.3, -0.25) is 48.3 Å². The van der Waals surface area contributed by atoms with Crippen molar-refractivity contribution in [2.24, 2.45) is 35.5 Å². The molecule has 2 fully saturated rings. The number of esters is 1. The number of aromatic amines is 2. The molecule has 8 rings (SSSR count). The smallest absolute Gasteiger partial charge is 0.417 e. The third kappa shape index (κ3) is 21.3. The summed E-state index contributed by atoms with van der Waals surface area (Å²) in [5, 5.41) is 21.0. The monoisotopic (exact) mass is 1420 g/mol. The number of fused-ring (bicyclic) bond motifs is 2. The quantitative estimate of drug-likeness (QED) is 0.0109. The highest BCUT2D eigenvalue weighted by Crippen LogP contribution is 2.36. The van der Waals surface area contributed by atoms with E-state index in [-0.39, 0.29) is 125 Å². The van der Waals surface area contributed by atoms with Crippen LogP contribution in [0.1, 0.15) is 155 Å². The first kappa shape index (κ1) is 79.8. The van der Waals surface area contributed by atoms with Gasteiger partial charge in [0.2, 0.25) is 23.6 Å². The summed E-state index contributed by atoms with van der Waals surface area (Å²) in [6.07, 6.45) is -7.92. The first-order valence-corrected chi connectivity index (χ1v) is 31.7. The topological polar surface area (TPSA) is 324 Å². The third-order valence-corrected chi connectivity index (χ3v) is 16.6. The molecular weight excluding hydrogens is 1340 g/mol. The number of alkyl halides is 7. The van der Waals surface area contributed by atoms with Crippen LogP contribution in [0.5, 0.6) is 11.5 Å². The molecule has 4 aromatic heterocycles. The van der Waals surface area contributed by atoms with Crippen LogP contribution < -0.4 is 30.7 Å². The van der Waals surface area contributed by atoms with Gasteiger partial charge in [-0.05, 0) is 127 Å². The summed E-state index contributed by atoms with van der Waals surface area (Å²) in [7, 11) is 3.08. The zero-order valence-electron chi connectivity index (χ0n) is 55.6. The Morgan fingerprint density at radius 1 is 0.622 bits per heavy atom. The number of ketones is 4. The van der Waals surface area contributed by atoms with Crippen molar-refractivity contribution in [3.05, 3.63) is 117 Å². The molecule has 22 nitrogen and oxygen atoms in total. The molecule has 0 saturated carbocycles. The first-order chi connectivity index (χ1) is 45.5. The molecule has 2 aromatic carbocycles. The summed E-state index contributed by atoms with van der Waals surface area (Å²) >= 11 is 5.77. The molecule has 98 heavy (non-hydrogen) atoms. The van der Waals surface area contributed by atoms with E-state index in [9.17, 15) is 74.3 Å². The molecule has 6 heterocycles. The summed E-state index contributed by atoms with van der Waals surface area (Å²) in [5.41, 5.74) is -2.03. The van der Waals surface area contributed by atoms with E-state index in [1.165, 1.54) is 34.8 Å². The van der Waals surface area contributed by atoms with Crippen LogP contribution in [0.4, 0.5) is 26.3 Å². The third-order valence-electron chi connectivity index (χ3n) is 16.3. The van der Waals surface area contributed by atoms with Crippen molar-refractivity contribution < 1.29 is 93.6 Å². The Morgan fingerprint density at radius 3 is 1.38 bits per heavy atom. The average molecular weight is 1420 g/mol. The predicted molar refractivity (Wildman–Crippen MR) is 351 cm³/mol. The van der Waals surface area contributed by atoms with Gasteiger partial charge in [0.25, 0.3) is 0 Å². The number of ether oxygens (including phenoxy) is 3. The van der Waals surface area contributed by atoms with Gasteiger partial charge in [0.1, 0.15) is 11.5 Å². The lowest BCUT2D eigenvalue weighted by Crippen LogP contribution is -2.47. The van der Waals surface area contributed by atoms with Crippen LogP contribution in [0.3, 0.4) is 0 Å². The molecule has 6 aromatic rings. The number of benzene rings is 2. The molecule has 2 saturated heterocycles. The standard InChI is InChI=1S/C34H39F3N4O7.C25H32ClN3O5.C9H8F3NO2.ClH/c1-17(2)11-21(14-27(42)26-15-22-24(40-26)7-6-8-29(22)47-5)32(45)41-25(13-20-9-10-38-31(20)44)28(43)16-48-33(46)30-19(4)39-18(3)12-23(30)34(35,36)37;1-14(2)9-16(11-21(30)20-12-17-18(28-20)5-4-6-23(17)34-3)25(33)29-19(22(31)13-26)10-15-7-8-27-24(15)32;1-4-3-6(9(10,11)12)7(8(14)15)5(2)13-4;/h6-8,12,15,17,20-21,25,40H,9-11,13-14,16H2,1-5H3,(H,38,44)(H,41,45);4-6,12,14-16,19,28H,7-11,13H2,1-3H3,(H,27,32)(H,29,33);3H,1-2H3,(H,14,15);1H/t20-,21+,25-;15-,16+,19-;;/m00../s1. The van der Waals surface area contributed by atoms with E-state index < -0.39 is 94.7 Å². The summed E-state index contributed by atoms with van der Waals surface area (Å²) in [6.45, 7) is 12.9. The van der Waals surface area contributed by atoms with E-state index in [0.717, 1.165) is 23.0 Å². The highest BCUT2D eigenvalue weighted by atomic mass is 35.5. The maximum atomic E-state index is 13.7. The van der Waals surface area contributed by atoms with Gasteiger partial charge in [0, 0.05) is 82.8 Å². The van der Waals surface area contributed by atoms with Crippen molar-refractivity contribution in [2.45, 2.75) is 131 Å². The molecule has 0 unspecified atom stereocenters. The van der Waals surface area contributed by atoms with Crippen LogP contribution in [0.25, 0.3) is 21.8 Å². The number of rotatable bonds is 27. The van der Waals surface area contributed by atoms with Crippen LogP contribution in [-0.2, 0) is 45.9 Å². The molecule has 2 aliphatic heterocycles. The highest BCUT2D eigenvalue weighted by Gasteiger charge is 2.41. The molecule has 7 N–H and O–H groups in total. The lowest BCUT2D eigenvalue weighted by molar-refractivity contribution is -0.139. The van der Waals surface area contributed by atoms with Gasteiger partial charge in [-0.25, -0.2) is 9.59 Å². The maximum absolute atomic E-state index is 13.7. The Balaban J connectivity index is 0.000000300. The van der Waals surface area contributed by atoms with Crippen molar-refractivity contribution in [1.82, 2.24) is 41.2 Å². The molecule has 30 heteroatoms. The summed E-state index contributed by atoms with van der Waals surface area (Å²) in [5.74, 6) is -7.51. The number of aromatic nitrogens is 4. The Kier molecular flexibility index (Phi) is 28.5. The van der Waals surface area contributed by atoms with Gasteiger partial charge >= 0.3 is 24.3 Å². The lowest BCUT2D eigenvalue weighted by atomic mass is 9.89. The van der Waals surface area contributed by atoms with E-state index in [1.807, 2.05) is 45.9 Å². The fraction of sp³-hybridized carbons (Fsp3) is 0.471. The molecule has 0 radical (unpaired) electrons. The van der Waals surface area contributed by atoms with E-state index in [0.29, 0.717) is 66.9 Å². The number of amides is 4. The van der Waals surface area contributed by atoms with Crippen molar-refractivity contribution in [3.8, 4) is 11.5 Å². The van der Waals surface area contributed by atoms with Crippen molar-refractivity contribution in [1.29, 1.82) is 0 Å². The van der Waals surface area contributed by atoms with Crippen LogP contribution in [0.2, 0.25) is 0 Å². The van der Waals surface area contributed by atoms with Gasteiger partial charge in [0.15, 0.2) is 29.7 Å². The van der Waals surface area contributed by atoms with Gasteiger partial charge in [-0.1, -0.05) is 39.8 Å². The van der Waals surface area contributed by atoms with Crippen LogP contribution in [0.15, 0.2) is 60.7 Å². The fourth-order valence-corrected chi connectivity index (χ4v) is 11.9. The number of carbonyl (C=O) groups is 10. The molecule has 4 amide bonds. The largest absolute Gasteiger partial charge is 0.496 e. The number of carbonyl (C=O) groups excluding carboxylic acids is 9. The SMILES string of the molecule is COc1cccc2[nH]c(C(=O)C[C@@H](CC(C)C)C(=O)N[C@@H](C[C@@H]3CCNC3=O)C(=O)CCl)cc12.COc1cccc2[nH]c(C(=O)C[C@@H](CC(C)C)C(=O)N[C@@H](C[C@@H]3CCNC3=O)C(=O)COC(=O)c3c(C(F)(F)F)cc(C)nc3C)cc12.Cc1cc(C(F)(F)F)c(C(=O)O)c(C)n1.Cl. The molecule has 0 aliphatic carbocycles. The summed E-state index contributed by atoms with van der Waals surface area (Å²) in [4.78, 5) is 141. The Hall–Kier alpha value is -8.92. The van der Waals surface area contributed by atoms with Gasteiger partial charge in [0.05, 0.1) is 77.2 Å². The van der Waals surface area contributed by atoms with Gasteiger partial charge < -0.3 is 50.6 Å². The minimum atomic E-state index is -4.88. The minimum Gasteiger partial charge on any atom is -0.496 e. The van der Waals surface area contributed by atoms with Crippen molar-refractivity contribution >= 4 is 105 Å². The maximum Gasteiger partial charge on any atom is 0.417 e. The molecule has 6 atom stereocenters. The molecule has 532 valence electrons. The number of Topliss-reactive ketones (excluding diaryl/α,β-unsaturated/α-hetero) is 4. The zero-order valence-corrected chi connectivity index (χ0v) is 57.2. The second-order valence-electron chi connectivity index (χ2n) is 24.7. The number of pyridine rings is 2. The Labute approximate surface area is 572 Å². The molecule has 0 bridgehead atoms. The first-order valence-electron chi connectivity index (χ1n) is 31.2. The number of aryl methyl sites for hydroxylation is 4. The van der Waals surface area contributed by atoms with E-state index in [4.69, 9.17) is 30.9 Å². The highest BCUT2D eigenvalue weighted by molar-refractivity contribution is 6.28. The Bertz CT molecular complexity index is 3930. The Morgan fingerprint density at radius 2 is 1.02 bits per heavy atom. The number of H-pyrrole nitrogens is 2. The number of carboxylic acids is 1. The number of carboxylic acid groups (broad SMARTS) is 1. The zero-order chi connectivity index (χ0) is 72.0. The second kappa shape index (κ2) is 35.0. The number of methoxy groups -OCH3 is 2. The molecule has 0 spiro atoms. The number of aromatic carboxylic acids is 1. The van der Waals surface area contributed by atoms with E-state index in [1.54, 1.807) is 37.4 Å².